The molecule has 0 saturated carbocycles. The zero-order valence-electron chi connectivity index (χ0n) is 17.2. The van der Waals surface area contributed by atoms with E-state index in [-0.39, 0.29) is 29.9 Å². The van der Waals surface area contributed by atoms with Crippen molar-refractivity contribution in [2.75, 3.05) is 27.2 Å². The molecule has 0 radical (unpaired) electrons. The van der Waals surface area contributed by atoms with Crippen molar-refractivity contribution in [3.05, 3.63) is 42.4 Å². The summed E-state index contributed by atoms with van der Waals surface area (Å²) in [5.74, 6) is 1.57. The van der Waals surface area contributed by atoms with E-state index in [1.165, 1.54) is 0 Å². The van der Waals surface area contributed by atoms with Gasteiger partial charge in [-0.25, -0.2) is 4.98 Å². The quantitative estimate of drug-likeness (QED) is 0.312. The van der Waals surface area contributed by atoms with Crippen LogP contribution in [0.2, 0.25) is 0 Å². The molecule has 0 spiro atoms. The van der Waals surface area contributed by atoms with Crippen LogP contribution in [0, 0.1) is 5.41 Å². The molecule has 2 rings (SSSR count). The fraction of sp³-hybridized carbons (Fsp3) is 0.450. The van der Waals surface area contributed by atoms with Crippen molar-refractivity contribution < 1.29 is 4.79 Å². The van der Waals surface area contributed by atoms with Crippen molar-refractivity contribution in [3.8, 4) is 11.3 Å². The summed E-state index contributed by atoms with van der Waals surface area (Å²) < 4.78 is 0. The Hall–Kier alpha value is -2.10. The minimum absolute atomic E-state index is 0. The molecule has 7 nitrogen and oxygen atoms in total. The molecule has 8 heteroatoms. The maximum Gasteiger partial charge on any atom is 0.227 e. The van der Waals surface area contributed by atoms with Crippen LogP contribution in [0.25, 0.3) is 11.3 Å². The van der Waals surface area contributed by atoms with Crippen molar-refractivity contribution in [1.82, 2.24) is 25.5 Å². The predicted octanol–water partition coefficient (Wildman–Crippen LogP) is 2.86. The van der Waals surface area contributed by atoms with E-state index in [1.807, 2.05) is 69.2 Å². The molecule has 3 N–H and O–H groups in total. The van der Waals surface area contributed by atoms with Gasteiger partial charge in [-0.15, -0.1) is 24.0 Å². The third-order valence-electron chi connectivity index (χ3n) is 4.26. The lowest BCUT2D eigenvalue weighted by molar-refractivity contribution is -0.128. The minimum atomic E-state index is -0.568. The van der Waals surface area contributed by atoms with Gasteiger partial charge in [0, 0.05) is 20.6 Å². The first-order valence-electron chi connectivity index (χ1n) is 9.18. The van der Waals surface area contributed by atoms with Crippen LogP contribution < -0.4 is 10.6 Å². The van der Waals surface area contributed by atoms with Gasteiger partial charge < -0.3 is 20.5 Å². The van der Waals surface area contributed by atoms with E-state index in [0.29, 0.717) is 13.1 Å². The number of rotatable bonds is 7. The monoisotopic (exact) mass is 498 g/mol. The SMILES string of the molecule is CCNC(=NCC(C)(C)C(=O)NC)N(C)Cc1ncc(-c2ccccc2)[nH]1.I. The van der Waals surface area contributed by atoms with E-state index in [1.54, 1.807) is 7.05 Å². The van der Waals surface area contributed by atoms with Gasteiger partial charge in [-0.1, -0.05) is 30.3 Å². The van der Waals surface area contributed by atoms with Crippen LogP contribution in [-0.4, -0.2) is 53.9 Å². The average molecular weight is 498 g/mol. The number of guanidine groups is 1. The van der Waals surface area contributed by atoms with Crippen LogP contribution in [-0.2, 0) is 11.3 Å². The summed E-state index contributed by atoms with van der Waals surface area (Å²) in [7, 11) is 3.60. The van der Waals surface area contributed by atoms with Gasteiger partial charge in [0.05, 0.1) is 30.4 Å². The molecule has 0 unspecified atom stereocenters. The van der Waals surface area contributed by atoms with Crippen molar-refractivity contribution >= 4 is 35.8 Å². The van der Waals surface area contributed by atoms with Crippen LogP contribution in [0.5, 0.6) is 0 Å². The molecule has 28 heavy (non-hydrogen) atoms. The van der Waals surface area contributed by atoms with Gasteiger partial charge in [-0.3, -0.25) is 9.79 Å². The third kappa shape index (κ3) is 6.50. The molecule has 1 heterocycles. The molecule has 0 aliphatic rings. The largest absolute Gasteiger partial charge is 0.359 e. The standard InChI is InChI=1S/C20H30N6O.HI/c1-6-22-19(24-14-20(2,3)18(27)21-4)26(5)13-17-23-12-16(25-17)15-10-8-7-9-11-15;/h7-12H,6,13-14H2,1-5H3,(H,21,27)(H,22,24)(H,23,25);1H. The second-order valence-corrected chi connectivity index (χ2v) is 7.10. The molecule has 0 bridgehead atoms. The molecule has 0 atom stereocenters. The summed E-state index contributed by atoms with van der Waals surface area (Å²) in [5, 5.41) is 5.96. The highest BCUT2D eigenvalue weighted by Crippen LogP contribution is 2.17. The summed E-state index contributed by atoms with van der Waals surface area (Å²) in [6, 6.07) is 10.1. The topological polar surface area (TPSA) is 85.4 Å². The number of carbonyl (C=O) groups excluding carboxylic acids is 1. The maximum atomic E-state index is 12.0. The first-order chi connectivity index (χ1) is 12.9. The fourth-order valence-corrected chi connectivity index (χ4v) is 2.66. The number of nitrogens with zero attached hydrogens (tertiary/aromatic N) is 3. The lowest BCUT2D eigenvalue weighted by Gasteiger charge is -2.24. The minimum Gasteiger partial charge on any atom is -0.359 e. The molecule has 1 aromatic carbocycles. The van der Waals surface area contributed by atoms with E-state index >= 15 is 0 Å². The van der Waals surface area contributed by atoms with E-state index in [2.05, 4.69) is 25.6 Å². The number of aromatic nitrogens is 2. The first kappa shape index (κ1) is 23.9. The molecular formula is C20H31IN6O. The number of carbonyl (C=O) groups is 1. The summed E-state index contributed by atoms with van der Waals surface area (Å²) in [4.78, 5) is 26.5. The number of hydrogen-bond acceptors (Lipinski definition) is 3. The molecule has 154 valence electrons. The maximum absolute atomic E-state index is 12.0. The van der Waals surface area contributed by atoms with Crippen molar-refractivity contribution in [3.63, 3.8) is 0 Å². The molecule has 2 aromatic rings. The predicted molar refractivity (Wildman–Crippen MR) is 125 cm³/mol. The molecule has 0 saturated heterocycles. The number of halogens is 1. The van der Waals surface area contributed by atoms with Gasteiger partial charge in [0.2, 0.25) is 5.91 Å². The molecule has 0 aliphatic heterocycles. The lowest BCUT2D eigenvalue weighted by Crippen LogP contribution is -2.41. The van der Waals surface area contributed by atoms with Crippen LogP contribution >= 0.6 is 24.0 Å². The fourth-order valence-electron chi connectivity index (χ4n) is 2.66. The van der Waals surface area contributed by atoms with Gasteiger partial charge in [-0.05, 0) is 26.3 Å². The van der Waals surface area contributed by atoms with E-state index in [9.17, 15) is 4.79 Å². The molecule has 0 fully saturated rings. The number of aromatic amines is 1. The van der Waals surface area contributed by atoms with Crippen LogP contribution in [0.3, 0.4) is 0 Å². The lowest BCUT2D eigenvalue weighted by atomic mass is 9.93. The first-order valence-corrected chi connectivity index (χ1v) is 9.18. The summed E-state index contributed by atoms with van der Waals surface area (Å²) in [6.45, 7) is 7.52. The van der Waals surface area contributed by atoms with Crippen LogP contribution in [0.4, 0.5) is 0 Å². The number of amides is 1. The van der Waals surface area contributed by atoms with Gasteiger partial charge in [0.15, 0.2) is 5.96 Å². The Kier molecular flexibility index (Phi) is 9.44. The third-order valence-corrected chi connectivity index (χ3v) is 4.26. The van der Waals surface area contributed by atoms with E-state index in [0.717, 1.165) is 29.6 Å². The highest BCUT2D eigenvalue weighted by atomic mass is 127. The molecule has 1 amide bonds. The molecule has 1 aromatic heterocycles. The zero-order chi connectivity index (χ0) is 19.9. The Labute approximate surface area is 184 Å². The number of benzene rings is 1. The zero-order valence-corrected chi connectivity index (χ0v) is 19.6. The number of H-pyrrole nitrogens is 1. The van der Waals surface area contributed by atoms with E-state index < -0.39 is 5.41 Å². The highest BCUT2D eigenvalue weighted by molar-refractivity contribution is 14.0. The Morgan fingerprint density at radius 3 is 2.57 bits per heavy atom. The van der Waals surface area contributed by atoms with Crippen LogP contribution in [0.15, 0.2) is 41.5 Å². The summed E-state index contributed by atoms with van der Waals surface area (Å²) in [6.07, 6.45) is 1.84. The molecular weight excluding hydrogens is 467 g/mol. The van der Waals surface area contributed by atoms with Gasteiger partial charge in [-0.2, -0.15) is 0 Å². The van der Waals surface area contributed by atoms with Gasteiger partial charge >= 0.3 is 0 Å². The Balaban J connectivity index is 0.00000392. The smallest absolute Gasteiger partial charge is 0.227 e. The number of aliphatic imine (C=N–C) groups is 1. The van der Waals surface area contributed by atoms with Crippen molar-refractivity contribution in [1.29, 1.82) is 0 Å². The van der Waals surface area contributed by atoms with Crippen molar-refractivity contribution in [2.45, 2.75) is 27.3 Å². The summed E-state index contributed by atoms with van der Waals surface area (Å²) in [5.41, 5.74) is 1.52. The number of nitrogens with one attached hydrogen (secondary N) is 3. The molecule has 0 aliphatic carbocycles. The summed E-state index contributed by atoms with van der Waals surface area (Å²) >= 11 is 0. The Bertz CT molecular complexity index is 772. The normalized spacial score (nSPS) is 11.5. The van der Waals surface area contributed by atoms with Crippen LogP contribution in [0.1, 0.15) is 26.6 Å². The second-order valence-electron chi connectivity index (χ2n) is 7.10. The highest BCUT2D eigenvalue weighted by Gasteiger charge is 2.26. The Morgan fingerprint density at radius 2 is 1.96 bits per heavy atom. The number of hydrogen-bond donors (Lipinski definition) is 3. The van der Waals surface area contributed by atoms with Crippen molar-refractivity contribution in [2.24, 2.45) is 10.4 Å². The van der Waals surface area contributed by atoms with E-state index in [4.69, 9.17) is 0 Å². The van der Waals surface area contributed by atoms with Gasteiger partial charge in [0.1, 0.15) is 5.82 Å². The van der Waals surface area contributed by atoms with Gasteiger partial charge in [0.25, 0.3) is 0 Å². The number of imidazole rings is 1. The average Bonchev–Trinajstić information content (AvgIpc) is 3.13. The second kappa shape index (κ2) is 11.0. The Morgan fingerprint density at radius 1 is 1.29 bits per heavy atom.